The number of carbonyl (C=O) groups excluding carboxylic acids is 1. The van der Waals surface area contributed by atoms with Gasteiger partial charge in [0.2, 0.25) is 0 Å². The van der Waals surface area contributed by atoms with E-state index in [-0.39, 0.29) is 11.8 Å². The van der Waals surface area contributed by atoms with Gasteiger partial charge in [-0.15, -0.1) is 0 Å². The molecule has 0 aromatic rings. The Kier molecular flexibility index (Phi) is 2.78. The Labute approximate surface area is 78.8 Å². The molecule has 1 saturated carbocycles. The Hall–Kier alpha value is -0.410. The zero-order valence-electron chi connectivity index (χ0n) is 8.45. The summed E-state index contributed by atoms with van der Waals surface area (Å²) >= 11 is 0. The summed E-state index contributed by atoms with van der Waals surface area (Å²) in [4.78, 5) is 11.6. The number of ketones is 1. The van der Waals surface area contributed by atoms with Gasteiger partial charge in [0.25, 0.3) is 0 Å². The molecule has 1 aliphatic carbocycles. The van der Waals surface area contributed by atoms with E-state index >= 15 is 0 Å². The molecule has 0 saturated heterocycles. The number of rotatable bonds is 3. The molecule has 3 heteroatoms. The van der Waals surface area contributed by atoms with Crippen LogP contribution in [-0.4, -0.2) is 27.7 Å². The van der Waals surface area contributed by atoms with Gasteiger partial charge in [-0.3, -0.25) is 4.79 Å². The largest absolute Gasteiger partial charge is 0.385 e. The van der Waals surface area contributed by atoms with Crippen LogP contribution in [0.15, 0.2) is 0 Å². The summed E-state index contributed by atoms with van der Waals surface area (Å²) < 4.78 is 0. The van der Waals surface area contributed by atoms with E-state index in [1.807, 2.05) is 6.92 Å². The van der Waals surface area contributed by atoms with Gasteiger partial charge in [-0.2, -0.15) is 0 Å². The highest BCUT2D eigenvalue weighted by molar-refractivity contribution is 5.92. The van der Waals surface area contributed by atoms with Gasteiger partial charge in [0.1, 0.15) is 11.7 Å². The molecule has 3 atom stereocenters. The van der Waals surface area contributed by atoms with Crippen molar-refractivity contribution in [3.05, 3.63) is 0 Å². The van der Waals surface area contributed by atoms with Crippen LogP contribution in [0, 0.1) is 11.8 Å². The Morgan fingerprint density at radius 2 is 2.08 bits per heavy atom. The Morgan fingerprint density at radius 3 is 2.31 bits per heavy atom. The fourth-order valence-electron chi connectivity index (χ4n) is 1.63. The van der Waals surface area contributed by atoms with Crippen molar-refractivity contribution in [2.75, 3.05) is 0 Å². The van der Waals surface area contributed by atoms with Gasteiger partial charge < -0.3 is 10.2 Å². The molecule has 0 aliphatic heterocycles. The third-order valence-corrected chi connectivity index (χ3v) is 3.10. The summed E-state index contributed by atoms with van der Waals surface area (Å²) in [5.41, 5.74) is -1.25. The lowest BCUT2D eigenvalue weighted by Crippen LogP contribution is -2.57. The van der Waals surface area contributed by atoms with Crippen molar-refractivity contribution in [1.82, 2.24) is 0 Å². The van der Waals surface area contributed by atoms with Crippen molar-refractivity contribution in [3.8, 4) is 0 Å². The maximum Gasteiger partial charge on any atom is 0.193 e. The molecule has 1 fully saturated rings. The second kappa shape index (κ2) is 3.39. The maximum absolute atomic E-state index is 11.6. The van der Waals surface area contributed by atoms with Crippen LogP contribution in [0.2, 0.25) is 0 Å². The van der Waals surface area contributed by atoms with E-state index in [2.05, 4.69) is 0 Å². The zero-order chi connectivity index (χ0) is 10.2. The van der Waals surface area contributed by atoms with E-state index in [1.165, 1.54) is 0 Å². The molecular weight excluding hydrogens is 168 g/mol. The molecule has 2 N–H and O–H groups in total. The number of aliphatic hydroxyl groups is 2. The second-order valence-electron chi connectivity index (χ2n) is 4.42. The predicted octanol–water partition coefficient (Wildman–Crippen LogP) is 0.733. The van der Waals surface area contributed by atoms with Gasteiger partial charge in [-0.25, -0.2) is 0 Å². The van der Waals surface area contributed by atoms with Crippen LogP contribution >= 0.6 is 0 Å². The van der Waals surface area contributed by atoms with E-state index in [0.717, 1.165) is 6.42 Å². The fourth-order valence-corrected chi connectivity index (χ4v) is 1.63. The highest BCUT2D eigenvalue weighted by Crippen LogP contribution is 2.40. The lowest BCUT2D eigenvalue weighted by atomic mass is 9.66. The lowest BCUT2D eigenvalue weighted by molar-refractivity contribution is -0.167. The Balaban J connectivity index is 2.67. The van der Waals surface area contributed by atoms with Gasteiger partial charge in [-0.05, 0) is 24.7 Å². The number of hydrogen-bond donors (Lipinski definition) is 2. The van der Waals surface area contributed by atoms with Crippen molar-refractivity contribution < 1.29 is 15.0 Å². The highest BCUT2D eigenvalue weighted by Gasteiger charge is 2.50. The summed E-state index contributed by atoms with van der Waals surface area (Å²) in [6.07, 6.45) is 0.344. The molecule has 0 spiro atoms. The molecule has 0 amide bonds. The molecule has 76 valence electrons. The van der Waals surface area contributed by atoms with Crippen molar-refractivity contribution in [2.24, 2.45) is 11.8 Å². The van der Waals surface area contributed by atoms with E-state index in [9.17, 15) is 15.0 Å². The monoisotopic (exact) mass is 186 g/mol. The minimum Gasteiger partial charge on any atom is -0.385 e. The quantitative estimate of drug-likeness (QED) is 0.683. The van der Waals surface area contributed by atoms with Crippen LogP contribution < -0.4 is 0 Å². The maximum atomic E-state index is 11.6. The Bertz CT molecular complexity index is 212. The zero-order valence-corrected chi connectivity index (χ0v) is 8.45. The second-order valence-corrected chi connectivity index (χ2v) is 4.42. The smallest absolute Gasteiger partial charge is 0.193 e. The average Bonchev–Trinajstić information content (AvgIpc) is 2.11. The molecule has 1 aliphatic rings. The minimum absolute atomic E-state index is 0.00611. The van der Waals surface area contributed by atoms with Crippen molar-refractivity contribution in [2.45, 2.75) is 45.3 Å². The lowest BCUT2D eigenvalue weighted by Gasteiger charge is -2.43. The van der Waals surface area contributed by atoms with Gasteiger partial charge in [0.05, 0.1) is 0 Å². The summed E-state index contributed by atoms with van der Waals surface area (Å²) in [7, 11) is 0. The van der Waals surface area contributed by atoms with Gasteiger partial charge in [0, 0.05) is 0 Å². The Morgan fingerprint density at radius 1 is 1.54 bits per heavy atom. The summed E-state index contributed by atoms with van der Waals surface area (Å²) in [5.74, 6) is -0.529. The number of aliphatic hydroxyl groups excluding tert-OH is 1. The van der Waals surface area contributed by atoms with Crippen molar-refractivity contribution in [1.29, 1.82) is 0 Å². The van der Waals surface area contributed by atoms with Crippen LogP contribution in [0.4, 0.5) is 0 Å². The van der Waals surface area contributed by atoms with Crippen LogP contribution in [0.5, 0.6) is 0 Å². The van der Waals surface area contributed by atoms with Gasteiger partial charge in [0.15, 0.2) is 5.78 Å². The molecule has 0 aromatic heterocycles. The molecule has 0 radical (unpaired) electrons. The number of hydrogen-bond acceptors (Lipinski definition) is 3. The first-order valence-electron chi connectivity index (χ1n) is 4.84. The molecule has 0 heterocycles. The topological polar surface area (TPSA) is 57.5 Å². The number of Topliss-reactive ketones (excluding diaryl/α,β-unsaturated/α-hetero) is 1. The van der Waals surface area contributed by atoms with E-state index in [1.54, 1.807) is 13.8 Å². The standard InChI is InChI=1S/C10H18O3/c1-6(2)8(11)9(12)10(13)5-4-7(10)3/h6-8,11,13H,4-5H2,1-3H3. The van der Waals surface area contributed by atoms with Crippen LogP contribution in [0.3, 0.4) is 0 Å². The fraction of sp³-hybridized carbons (Fsp3) is 0.900. The van der Waals surface area contributed by atoms with E-state index < -0.39 is 17.5 Å². The molecule has 1 rings (SSSR count). The first-order valence-corrected chi connectivity index (χ1v) is 4.84. The van der Waals surface area contributed by atoms with Crippen molar-refractivity contribution in [3.63, 3.8) is 0 Å². The average molecular weight is 186 g/mol. The molecule has 3 nitrogen and oxygen atoms in total. The van der Waals surface area contributed by atoms with Crippen molar-refractivity contribution >= 4 is 5.78 Å². The highest BCUT2D eigenvalue weighted by atomic mass is 16.3. The summed E-state index contributed by atoms with van der Waals surface area (Å²) in [5, 5.41) is 19.4. The predicted molar refractivity (Wildman–Crippen MR) is 49.2 cm³/mol. The van der Waals surface area contributed by atoms with E-state index in [4.69, 9.17) is 0 Å². The third kappa shape index (κ3) is 1.63. The number of carbonyl (C=O) groups is 1. The van der Waals surface area contributed by atoms with Crippen LogP contribution in [-0.2, 0) is 4.79 Å². The molecule has 0 aromatic carbocycles. The SMILES string of the molecule is CC(C)C(O)C(=O)C1(O)CCC1C. The molecule has 3 unspecified atom stereocenters. The van der Waals surface area contributed by atoms with E-state index in [0.29, 0.717) is 6.42 Å². The van der Waals surface area contributed by atoms with Gasteiger partial charge in [-0.1, -0.05) is 20.8 Å². The first kappa shape index (κ1) is 10.7. The minimum atomic E-state index is -1.25. The molecule has 13 heavy (non-hydrogen) atoms. The van der Waals surface area contributed by atoms with Crippen LogP contribution in [0.1, 0.15) is 33.6 Å². The third-order valence-electron chi connectivity index (χ3n) is 3.10. The summed E-state index contributed by atoms with van der Waals surface area (Å²) in [6.45, 7) is 5.39. The van der Waals surface area contributed by atoms with Gasteiger partial charge >= 0.3 is 0 Å². The van der Waals surface area contributed by atoms with Crippen LogP contribution in [0.25, 0.3) is 0 Å². The first-order chi connectivity index (χ1) is 5.89. The summed E-state index contributed by atoms with van der Waals surface area (Å²) in [6, 6.07) is 0. The molecule has 0 bridgehead atoms. The molecular formula is C10H18O3. The normalized spacial score (nSPS) is 35.7.